The molecule has 1 rings (SSSR count). The molecule has 1 amide bonds. The van der Waals surface area contributed by atoms with Gasteiger partial charge in [-0.25, -0.2) is 0 Å². The van der Waals surface area contributed by atoms with Crippen LogP contribution in [-0.4, -0.2) is 18.2 Å². The molecule has 94 valence electrons. The molecule has 17 heavy (non-hydrogen) atoms. The SMILES string of the molecule is CCCNC(=O)CCC(=O)c1cc(C)sc1C. The number of carbonyl (C=O) groups is 2. The van der Waals surface area contributed by atoms with Gasteiger partial charge >= 0.3 is 0 Å². The van der Waals surface area contributed by atoms with Crippen molar-refractivity contribution in [3.05, 3.63) is 21.4 Å². The van der Waals surface area contributed by atoms with Crippen LogP contribution in [0, 0.1) is 13.8 Å². The Morgan fingerprint density at radius 3 is 2.53 bits per heavy atom. The van der Waals surface area contributed by atoms with Crippen LogP contribution in [0.5, 0.6) is 0 Å². The van der Waals surface area contributed by atoms with Gasteiger partial charge in [-0.15, -0.1) is 11.3 Å². The van der Waals surface area contributed by atoms with Crippen LogP contribution in [0.25, 0.3) is 0 Å². The van der Waals surface area contributed by atoms with Crippen molar-refractivity contribution in [3.63, 3.8) is 0 Å². The van der Waals surface area contributed by atoms with Crippen LogP contribution in [0.3, 0.4) is 0 Å². The first-order chi connectivity index (χ1) is 8.04. The highest BCUT2D eigenvalue weighted by atomic mass is 32.1. The van der Waals surface area contributed by atoms with Gasteiger partial charge in [0.1, 0.15) is 0 Å². The van der Waals surface area contributed by atoms with Gasteiger partial charge in [0.25, 0.3) is 0 Å². The highest BCUT2D eigenvalue weighted by Gasteiger charge is 2.13. The number of hydrogen-bond acceptors (Lipinski definition) is 3. The monoisotopic (exact) mass is 253 g/mol. The highest BCUT2D eigenvalue weighted by molar-refractivity contribution is 7.12. The summed E-state index contributed by atoms with van der Waals surface area (Å²) < 4.78 is 0. The molecule has 1 N–H and O–H groups in total. The molecule has 0 unspecified atom stereocenters. The molecule has 0 saturated carbocycles. The summed E-state index contributed by atoms with van der Waals surface area (Å²) in [6.07, 6.45) is 1.50. The predicted molar refractivity (Wildman–Crippen MR) is 70.7 cm³/mol. The van der Waals surface area contributed by atoms with Crippen molar-refractivity contribution in [2.45, 2.75) is 40.0 Å². The van der Waals surface area contributed by atoms with E-state index >= 15 is 0 Å². The number of rotatable bonds is 6. The lowest BCUT2D eigenvalue weighted by Gasteiger charge is -2.02. The molecule has 4 heteroatoms. The van der Waals surface area contributed by atoms with Crippen molar-refractivity contribution in [2.24, 2.45) is 0 Å². The molecule has 3 nitrogen and oxygen atoms in total. The Morgan fingerprint density at radius 2 is 2.00 bits per heavy atom. The van der Waals surface area contributed by atoms with E-state index in [2.05, 4.69) is 5.32 Å². The van der Waals surface area contributed by atoms with E-state index in [9.17, 15) is 9.59 Å². The summed E-state index contributed by atoms with van der Waals surface area (Å²) in [5.41, 5.74) is 0.774. The first-order valence-electron chi connectivity index (χ1n) is 5.91. The van der Waals surface area contributed by atoms with E-state index in [-0.39, 0.29) is 18.1 Å². The van der Waals surface area contributed by atoms with E-state index in [1.807, 2.05) is 26.8 Å². The van der Waals surface area contributed by atoms with Crippen molar-refractivity contribution in [2.75, 3.05) is 6.54 Å². The van der Waals surface area contributed by atoms with Crippen LogP contribution in [0.15, 0.2) is 6.07 Å². The first-order valence-corrected chi connectivity index (χ1v) is 6.73. The molecule has 0 aliphatic rings. The van der Waals surface area contributed by atoms with Crippen molar-refractivity contribution < 1.29 is 9.59 Å². The zero-order valence-electron chi connectivity index (χ0n) is 10.6. The Kier molecular flexibility index (Phi) is 5.35. The van der Waals surface area contributed by atoms with Gasteiger partial charge in [-0.05, 0) is 26.3 Å². The Labute approximate surface area is 106 Å². The maximum Gasteiger partial charge on any atom is 0.220 e. The summed E-state index contributed by atoms with van der Waals surface area (Å²) in [5.74, 6) is 0.0308. The van der Waals surface area contributed by atoms with E-state index in [1.165, 1.54) is 0 Å². The Balaban J connectivity index is 2.45. The van der Waals surface area contributed by atoms with Crippen LogP contribution in [0.2, 0.25) is 0 Å². The Hall–Kier alpha value is -1.16. The molecule has 0 atom stereocenters. The van der Waals surface area contributed by atoms with Gasteiger partial charge in [-0.3, -0.25) is 9.59 Å². The average Bonchev–Trinajstić information content (AvgIpc) is 2.62. The number of thiophene rings is 1. The molecule has 0 saturated heterocycles. The number of nitrogens with one attached hydrogen (secondary N) is 1. The van der Waals surface area contributed by atoms with Crippen LogP contribution in [0.1, 0.15) is 46.3 Å². The van der Waals surface area contributed by atoms with Gasteiger partial charge in [-0.2, -0.15) is 0 Å². The van der Waals surface area contributed by atoms with Crippen LogP contribution < -0.4 is 5.32 Å². The molecule has 0 radical (unpaired) electrons. The van der Waals surface area contributed by atoms with Crippen molar-refractivity contribution >= 4 is 23.0 Å². The van der Waals surface area contributed by atoms with E-state index in [1.54, 1.807) is 11.3 Å². The van der Waals surface area contributed by atoms with E-state index < -0.39 is 0 Å². The number of Topliss-reactive ketones (excluding diaryl/α,β-unsaturated/α-hetero) is 1. The van der Waals surface area contributed by atoms with Gasteiger partial charge in [0.05, 0.1) is 0 Å². The molecule has 1 aromatic heterocycles. The highest BCUT2D eigenvalue weighted by Crippen LogP contribution is 2.22. The average molecular weight is 253 g/mol. The summed E-state index contributed by atoms with van der Waals surface area (Å²) in [7, 11) is 0. The summed E-state index contributed by atoms with van der Waals surface area (Å²) in [4.78, 5) is 25.4. The number of aryl methyl sites for hydroxylation is 2. The molecular weight excluding hydrogens is 234 g/mol. The summed E-state index contributed by atoms with van der Waals surface area (Å²) in [5, 5.41) is 2.77. The summed E-state index contributed by atoms with van der Waals surface area (Å²) in [6.45, 7) is 6.62. The standard InChI is InChI=1S/C13H19NO2S/c1-4-7-14-13(16)6-5-12(15)11-8-9(2)17-10(11)3/h8H,4-7H2,1-3H3,(H,14,16). The minimum atomic E-state index is -0.0372. The van der Waals surface area contributed by atoms with Crippen molar-refractivity contribution in [3.8, 4) is 0 Å². The number of carbonyl (C=O) groups excluding carboxylic acids is 2. The first kappa shape index (κ1) is 13.9. The second-order valence-electron chi connectivity index (χ2n) is 4.10. The van der Waals surface area contributed by atoms with E-state index in [0.29, 0.717) is 13.0 Å². The normalized spacial score (nSPS) is 10.3. The molecular formula is C13H19NO2S. The van der Waals surface area contributed by atoms with Crippen LogP contribution in [-0.2, 0) is 4.79 Å². The Bertz CT molecular complexity index is 410. The zero-order valence-corrected chi connectivity index (χ0v) is 11.4. The van der Waals surface area contributed by atoms with Gasteiger partial charge in [0.15, 0.2) is 5.78 Å². The molecule has 0 aromatic carbocycles. The molecule has 1 heterocycles. The van der Waals surface area contributed by atoms with E-state index in [0.717, 1.165) is 21.7 Å². The maximum absolute atomic E-state index is 11.9. The van der Waals surface area contributed by atoms with Crippen LogP contribution >= 0.6 is 11.3 Å². The fourth-order valence-corrected chi connectivity index (χ4v) is 2.56. The smallest absolute Gasteiger partial charge is 0.220 e. The van der Waals surface area contributed by atoms with Crippen molar-refractivity contribution in [1.82, 2.24) is 5.32 Å². The maximum atomic E-state index is 11.9. The third-order valence-electron chi connectivity index (χ3n) is 2.49. The molecule has 1 aromatic rings. The largest absolute Gasteiger partial charge is 0.356 e. The Morgan fingerprint density at radius 1 is 1.29 bits per heavy atom. The fraction of sp³-hybridized carbons (Fsp3) is 0.538. The molecule has 0 aliphatic heterocycles. The van der Waals surface area contributed by atoms with Crippen LogP contribution in [0.4, 0.5) is 0 Å². The third-order valence-corrected chi connectivity index (χ3v) is 3.46. The number of hydrogen-bond donors (Lipinski definition) is 1. The molecule has 0 bridgehead atoms. The van der Waals surface area contributed by atoms with Crippen molar-refractivity contribution in [1.29, 1.82) is 0 Å². The number of ketones is 1. The van der Waals surface area contributed by atoms with Gasteiger partial charge in [0.2, 0.25) is 5.91 Å². The lowest BCUT2D eigenvalue weighted by atomic mass is 10.1. The summed E-state index contributed by atoms with van der Waals surface area (Å²) >= 11 is 1.62. The minimum absolute atomic E-state index is 0.0372. The van der Waals surface area contributed by atoms with E-state index in [4.69, 9.17) is 0 Å². The zero-order chi connectivity index (χ0) is 12.8. The minimum Gasteiger partial charge on any atom is -0.356 e. The molecule has 0 fully saturated rings. The summed E-state index contributed by atoms with van der Waals surface area (Å²) in [6, 6.07) is 1.91. The topological polar surface area (TPSA) is 46.2 Å². The number of amides is 1. The quantitative estimate of drug-likeness (QED) is 0.792. The second-order valence-corrected chi connectivity index (χ2v) is 5.56. The molecule has 0 spiro atoms. The fourth-order valence-electron chi connectivity index (χ4n) is 1.62. The lowest BCUT2D eigenvalue weighted by Crippen LogP contribution is -2.24. The van der Waals surface area contributed by atoms with Gasteiger partial charge in [-0.1, -0.05) is 6.92 Å². The molecule has 0 aliphatic carbocycles. The second kappa shape index (κ2) is 6.55. The van der Waals surface area contributed by atoms with Gasteiger partial charge < -0.3 is 5.32 Å². The third kappa shape index (κ3) is 4.30. The lowest BCUT2D eigenvalue weighted by molar-refractivity contribution is -0.121. The van der Waals surface area contributed by atoms with Gasteiger partial charge in [0, 0.05) is 34.7 Å². The predicted octanol–water partition coefficient (Wildman–Crippen LogP) is 2.85.